The molecule has 0 saturated heterocycles. The highest BCUT2D eigenvalue weighted by Gasteiger charge is 2.12. The molecule has 7 heteroatoms. The number of carbonyl (C=O) groups is 1. The van der Waals surface area contributed by atoms with Gasteiger partial charge in [-0.05, 0) is 18.1 Å². The number of aliphatic hydroxyl groups is 1. The van der Waals surface area contributed by atoms with E-state index in [1.807, 2.05) is 32.0 Å². The minimum absolute atomic E-state index is 0.0926. The Labute approximate surface area is 129 Å². The molecule has 0 saturated carbocycles. The molecule has 0 aliphatic carbocycles. The van der Waals surface area contributed by atoms with E-state index in [2.05, 4.69) is 20.7 Å². The minimum Gasteiger partial charge on any atom is -0.391 e. The van der Waals surface area contributed by atoms with Gasteiger partial charge in [0.25, 0.3) is 0 Å². The Kier molecular flexibility index (Phi) is 5.48. The molecule has 1 unspecified atom stereocenters. The standard InChI is InChI=1S/C15H21N5O2/c1-11(2)13(21)9-17-15(22)19-14-6-8-18-20(14)10-12-5-3-4-7-16-12/h3-8,11,13,21H,9-10H2,1-2H3,(H2,17,19,22). The first kappa shape index (κ1) is 16.0. The van der Waals surface area contributed by atoms with E-state index in [1.54, 1.807) is 23.1 Å². The summed E-state index contributed by atoms with van der Waals surface area (Å²) in [5.74, 6) is 0.664. The van der Waals surface area contributed by atoms with Crippen LogP contribution in [0.2, 0.25) is 0 Å². The van der Waals surface area contributed by atoms with E-state index in [4.69, 9.17) is 0 Å². The van der Waals surface area contributed by atoms with E-state index in [0.717, 1.165) is 5.69 Å². The average molecular weight is 303 g/mol. The molecule has 2 aromatic rings. The molecule has 0 fully saturated rings. The van der Waals surface area contributed by atoms with E-state index in [1.165, 1.54) is 0 Å². The van der Waals surface area contributed by atoms with Gasteiger partial charge in [-0.25, -0.2) is 9.48 Å². The van der Waals surface area contributed by atoms with Gasteiger partial charge >= 0.3 is 6.03 Å². The van der Waals surface area contributed by atoms with Crippen molar-refractivity contribution in [2.24, 2.45) is 5.92 Å². The van der Waals surface area contributed by atoms with Crippen LogP contribution in [-0.2, 0) is 6.54 Å². The van der Waals surface area contributed by atoms with Crippen molar-refractivity contribution < 1.29 is 9.90 Å². The van der Waals surface area contributed by atoms with Crippen LogP contribution in [0.1, 0.15) is 19.5 Å². The smallest absolute Gasteiger partial charge is 0.320 e. The van der Waals surface area contributed by atoms with Gasteiger partial charge in [0.2, 0.25) is 0 Å². The molecular formula is C15H21N5O2. The molecule has 7 nitrogen and oxygen atoms in total. The monoisotopic (exact) mass is 303 g/mol. The lowest BCUT2D eigenvalue weighted by atomic mass is 10.1. The van der Waals surface area contributed by atoms with E-state index in [9.17, 15) is 9.90 Å². The van der Waals surface area contributed by atoms with Crippen LogP contribution in [0.15, 0.2) is 36.7 Å². The fourth-order valence-corrected chi connectivity index (χ4v) is 1.80. The molecule has 0 aromatic carbocycles. The summed E-state index contributed by atoms with van der Waals surface area (Å²) < 4.78 is 1.65. The van der Waals surface area contributed by atoms with Crippen LogP contribution in [0.25, 0.3) is 0 Å². The maximum absolute atomic E-state index is 11.9. The highest BCUT2D eigenvalue weighted by atomic mass is 16.3. The lowest BCUT2D eigenvalue weighted by Crippen LogP contribution is -2.37. The molecule has 2 aromatic heterocycles. The molecule has 0 aliphatic rings. The molecule has 0 radical (unpaired) electrons. The number of nitrogens with one attached hydrogen (secondary N) is 2. The van der Waals surface area contributed by atoms with Crippen LogP contribution in [0.4, 0.5) is 10.6 Å². The van der Waals surface area contributed by atoms with E-state index in [0.29, 0.717) is 12.4 Å². The highest BCUT2D eigenvalue weighted by Crippen LogP contribution is 2.08. The van der Waals surface area contributed by atoms with Crippen LogP contribution in [0, 0.1) is 5.92 Å². The number of rotatable bonds is 6. The van der Waals surface area contributed by atoms with Crippen molar-refractivity contribution in [1.29, 1.82) is 0 Å². The third-order valence-corrected chi connectivity index (χ3v) is 3.24. The first-order valence-corrected chi connectivity index (χ1v) is 7.21. The number of amides is 2. The van der Waals surface area contributed by atoms with Crippen LogP contribution in [-0.4, -0.2) is 38.6 Å². The lowest BCUT2D eigenvalue weighted by molar-refractivity contribution is 0.126. The number of hydrogen-bond acceptors (Lipinski definition) is 4. The zero-order valence-electron chi connectivity index (χ0n) is 12.7. The summed E-state index contributed by atoms with van der Waals surface area (Å²) in [6, 6.07) is 6.98. The predicted molar refractivity (Wildman–Crippen MR) is 83.4 cm³/mol. The Bertz CT molecular complexity index is 597. The quantitative estimate of drug-likeness (QED) is 0.753. The second-order valence-electron chi connectivity index (χ2n) is 5.34. The predicted octanol–water partition coefficient (Wildman–Crippen LogP) is 1.46. The third-order valence-electron chi connectivity index (χ3n) is 3.24. The minimum atomic E-state index is -0.566. The Hall–Kier alpha value is -2.41. The summed E-state index contributed by atoms with van der Waals surface area (Å²) in [5.41, 5.74) is 0.852. The van der Waals surface area contributed by atoms with Crippen LogP contribution >= 0.6 is 0 Å². The van der Waals surface area contributed by atoms with Gasteiger partial charge in [0.05, 0.1) is 24.5 Å². The fraction of sp³-hybridized carbons (Fsp3) is 0.400. The summed E-state index contributed by atoms with van der Waals surface area (Å²) in [6.45, 7) is 4.47. The van der Waals surface area contributed by atoms with Crippen molar-refractivity contribution in [2.45, 2.75) is 26.5 Å². The van der Waals surface area contributed by atoms with Gasteiger partial charge in [-0.2, -0.15) is 5.10 Å². The van der Waals surface area contributed by atoms with Gasteiger partial charge in [-0.3, -0.25) is 10.3 Å². The average Bonchev–Trinajstić information content (AvgIpc) is 2.92. The molecule has 0 spiro atoms. The van der Waals surface area contributed by atoms with Gasteiger partial charge in [0.1, 0.15) is 5.82 Å². The number of anilines is 1. The van der Waals surface area contributed by atoms with Crippen LogP contribution in [0.3, 0.4) is 0 Å². The first-order chi connectivity index (χ1) is 10.6. The Balaban J connectivity index is 1.91. The molecule has 0 bridgehead atoms. The highest BCUT2D eigenvalue weighted by molar-refractivity contribution is 5.88. The van der Waals surface area contributed by atoms with Gasteiger partial charge in [0, 0.05) is 18.8 Å². The van der Waals surface area contributed by atoms with Gasteiger partial charge < -0.3 is 10.4 Å². The topological polar surface area (TPSA) is 92.1 Å². The largest absolute Gasteiger partial charge is 0.391 e. The number of urea groups is 1. The summed E-state index contributed by atoms with van der Waals surface area (Å²) in [4.78, 5) is 16.1. The maximum Gasteiger partial charge on any atom is 0.320 e. The molecule has 1 atom stereocenters. The summed E-state index contributed by atoms with van der Waals surface area (Å²) >= 11 is 0. The maximum atomic E-state index is 11.9. The number of aromatic nitrogens is 3. The van der Waals surface area contributed by atoms with E-state index in [-0.39, 0.29) is 18.5 Å². The van der Waals surface area contributed by atoms with Gasteiger partial charge in [-0.1, -0.05) is 19.9 Å². The molecule has 2 amide bonds. The second kappa shape index (κ2) is 7.56. The SMILES string of the molecule is CC(C)C(O)CNC(=O)Nc1ccnn1Cc1ccccn1. The summed E-state index contributed by atoms with van der Waals surface area (Å²) in [7, 11) is 0. The Morgan fingerprint density at radius 3 is 2.82 bits per heavy atom. The number of hydrogen-bond donors (Lipinski definition) is 3. The second-order valence-corrected chi connectivity index (χ2v) is 5.34. The van der Waals surface area contributed by atoms with Crippen molar-refractivity contribution in [2.75, 3.05) is 11.9 Å². The zero-order chi connectivity index (χ0) is 15.9. The molecule has 118 valence electrons. The molecule has 2 rings (SSSR count). The van der Waals surface area contributed by atoms with Gasteiger partial charge in [0.15, 0.2) is 0 Å². The number of nitrogens with zero attached hydrogens (tertiary/aromatic N) is 3. The van der Waals surface area contributed by atoms with Crippen molar-refractivity contribution in [1.82, 2.24) is 20.1 Å². The molecule has 3 N–H and O–H groups in total. The van der Waals surface area contributed by atoms with Crippen molar-refractivity contribution in [3.63, 3.8) is 0 Å². The summed E-state index contributed by atoms with van der Waals surface area (Å²) in [6.07, 6.45) is 2.76. The van der Waals surface area contributed by atoms with Crippen LogP contribution in [0.5, 0.6) is 0 Å². The van der Waals surface area contributed by atoms with E-state index >= 15 is 0 Å². The number of aliphatic hydroxyl groups excluding tert-OH is 1. The number of carbonyl (C=O) groups excluding carboxylic acids is 1. The third kappa shape index (κ3) is 4.56. The van der Waals surface area contributed by atoms with Crippen molar-refractivity contribution in [3.05, 3.63) is 42.4 Å². The van der Waals surface area contributed by atoms with Gasteiger partial charge in [-0.15, -0.1) is 0 Å². The first-order valence-electron chi connectivity index (χ1n) is 7.21. The van der Waals surface area contributed by atoms with E-state index < -0.39 is 6.10 Å². The van der Waals surface area contributed by atoms with Crippen LogP contribution < -0.4 is 10.6 Å². The molecule has 2 heterocycles. The summed E-state index contributed by atoms with van der Waals surface area (Å²) in [5, 5.41) is 19.2. The van der Waals surface area contributed by atoms with Crippen molar-refractivity contribution >= 4 is 11.8 Å². The molecular weight excluding hydrogens is 282 g/mol. The van der Waals surface area contributed by atoms with Crippen molar-refractivity contribution in [3.8, 4) is 0 Å². The zero-order valence-corrected chi connectivity index (χ0v) is 12.7. The normalized spacial score (nSPS) is 12.2. The number of pyridine rings is 1. The lowest BCUT2D eigenvalue weighted by Gasteiger charge is -2.15. The Morgan fingerprint density at radius 1 is 1.32 bits per heavy atom. The molecule has 0 aliphatic heterocycles. The fourth-order valence-electron chi connectivity index (χ4n) is 1.80. The molecule has 22 heavy (non-hydrogen) atoms. The Morgan fingerprint density at radius 2 is 2.14 bits per heavy atom.